The molecule has 0 radical (unpaired) electrons. The van der Waals surface area contributed by atoms with Gasteiger partial charge in [0, 0.05) is 24.3 Å². The molecule has 0 amide bonds. The van der Waals surface area contributed by atoms with Gasteiger partial charge in [-0.25, -0.2) is 0 Å². The van der Waals surface area contributed by atoms with Crippen molar-refractivity contribution in [2.45, 2.75) is 76.9 Å². The Labute approximate surface area is 118 Å². The van der Waals surface area contributed by atoms with Gasteiger partial charge in [0.25, 0.3) is 0 Å². The van der Waals surface area contributed by atoms with Crippen LogP contribution in [0.5, 0.6) is 0 Å². The zero-order valence-electron chi connectivity index (χ0n) is 12.9. The van der Waals surface area contributed by atoms with E-state index in [4.69, 9.17) is 0 Å². The highest BCUT2D eigenvalue weighted by Crippen LogP contribution is 2.55. The summed E-state index contributed by atoms with van der Waals surface area (Å²) >= 11 is 0. The van der Waals surface area contributed by atoms with Gasteiger partial charge in [-0.1, -0.05) is 0 Å². The molecule has 0 aromatic carbocycles. The molecule has 5 aliphatic rings. The van der Waals surface area contributed by atoms with Crippen LogP contribution in [-0.4, -0.2) is 29.2 Å². The molecular weight excluding hydrogens is 232 g/mol. The van der Waals surface area contributed by atoms with Gasteiger partial charge in [-0.15, -0.1) is 0 Å². The minimum Gasteiger partial charge on any atom is -0.299 e. The first-order valence-corrected chi connectivity index (χ1v) is 8.52. The summed E-state index contributed by atoms with van der Waals surface area (Å²) in [6.45, 7) is 8.31. The molecule has 0 aromatic heterocycles. The lowest BCUT2D eigenvalue weighted by Gasteiger charge is -2.60. The van der Waals surface area contributed by atoms with Crippen LogP contribution >= 0.6 is 0 Å². The number of rotatable bonds is 1. The summed E-state index contributed by atoms with van der Waals surface area (Å²) < 4.78 is 0. The number of nitrogens with one attached hydrogen (secondary N) is 1. The molecule has 4 aliphatic carbocycles. The average Bonchev–Trinajstić information content (AvgIpc) is 2.29. The summed E-state index contributed by atoms with van der Waals surface area (Å²) in [4.78, 5) is 2.85. The molecule has 108 valence electrons. The Balaban J connectivity index is 1.53. The van der Waals surface area contributed by atoms with Crippen molar-refractivity contribution in [3.63, 3.8) is 0 Å². The fourth-order valence-electron chi connectivity index (χ4n) is 6.23. The van der Waals surface area contributed by atoms with E-state index >= 15 is 0 Å². The van der Waals surface area contributed by atoms with Crippen LogP contribution in [0.25, 0.3) is 0 Å². The van der Waals surface area contributed by atoms with Gasteiger partial charge < -0.3 is 0 Å². The van der Waals surface area contributed by atoms with E-state index in [9.17, 15) is 0 Å². The van der Waals surface area contributed by atoms with Crippen molar-refractivity contribution in [2.75, 3.05) is 6.67 Å². The Morgan fingerprint density at radius 3 is 2.05 bits per heavy atom. The molecule has 1 saturated heterocycles. The van der Waals surface area contributed by atoms with E-state index in [1.165, 1.54) is 6.42 Å². The van der Waals surface area contributed by atoms with Gasteiger partial charge >= 0.3 is 0 Å². The summed E-state index contributed by atoms with van der Waals surface area (Å²) in [6.07, 6.45) is 9.06. The van der Waals surface area contributed by atoms with Crippen LogP contribution in [0.2, 0.25) is 0 Å². The van der Waals surface area contributed by atoms with Crippen molar-refractivity contribution < 1.29 is 0 Å². The normalized spacial score (nSPS) is 52.6. The Morgan fingerprint density at radius 1 is 0.947 bits per heavy atom. The molecule has 2 heteroatoms. The summed E-state index contributed by atoms with van der Waals surface area (Å²) in [6, 6.07) is 1.67. The molecule has 1 heterocycles. The van der Waals surface area contributed by atoms with E-state index in [0.717, 1.165) is 42.4 Å². The maximum absolute atomic E-state index is 3.77. The highest BCUT2D eigenvalue weighted by atomic mass is 15.3. The fourth-order valence-corrected chi connectivity index (χ4v) is 6.23. The SMILES string of the molecule is CC1CC(C)(C)NCN1C1C2CC3CC(C2)CC1C3. The largest absolute Gasteiger partial charge is 0.299 e. The predicted molar refractivity (Wildman–Crippen MR) is 78.8 cm³/mol. The van der Waals surface area contributed by atoms with Crippen LogP contribution in [0, 0.1) is 23.7 Å². The smallest absolute Gasteiger partial charge is 0.0490 e. The average molecular weight is 262 g/mol. The molecule has 1 unspecified atom stereocenters. The molecule has 0 spiro atoms. The van der Waals surface area contributed by atoms with Gasteiger partial charge in [0.15, 0.2) is 0 Å². The van der Waals surface area contributed by atoms with E-state index in [0.29, 0.717) is 5.54 Å². The van der Waals surface area contributed by atoms with Crippen LogP contribution < -0.4 is 5.32 Å². The van der Waals surface area contributed by atoms with Crippen molar-refractivity contribution in [3.8, 4) is 0 Å². The van der Waals surface area contributed by atoms with Crippen molar-refractivity contribution in [1.82, 2.24) is 10.2 Å². The van der Waals surface area contributed by atoms with Crippen LogP contribution in [-0.2, 0) is 0 Å². The second-order valence-corrected chi connectivity index (χ2v) is 8.71. The molecule has 2 nitrogen and oxygen atoms in total. The van der Waals surface area contributed by atoms with Crippen molar-refractivity contribution in [3.05, 3.63) is 0 Å². The Morgan fingerprint density at radius 2 is 1.53 bits per heavy atom. The lowest BCUT2D eigenvalue weighted by molar-refractivity contribution is -0.0942. The zero-order valence-corrected chi connectivity index (χ0v) is 12.9. The van der Waals surface area contributed by atoms with E-state index in [-0.39, 0.29) is 0 Å². The third kappa shape index (κ3) is 2.06. The molecule has 19 heavy (non-hydrogen) atoms. The minimum absolute atomic E-state index is 0.335. The Bertz CT molecular complexity index is 334. The maximum atomic E-state index is 3.77. The third-order valence-electron chi connectivity index (χ3n) is 6.67. The lowest BCUT2D eigenvalue weighted by atomic mass is 9.53. The van der Waals surface area contributed by atoms with Crippen molar-refractivity contribution in [2.24, 2.45) is 23.7 Å². The van der Waals surface area contributed by atoms with Gasteiger partial charge in [0.2, 0.25) is 0 Å². The third-order valence-corrected chi connectivity index (χ3v) is 6.67. The predicted octanol–water partition coefficient (Wildman–Crippen LogP) is 3.23. The minimum atomic E-state index is 0.335. The lowest BCUT2D eigenvalue weighted by Crippen LogP contribution is -2.65. The zero-order chi connectivity index (χ0) is 13.2. The molecule has 1 N–H and O–H groups in total. The van der Waals surface area contributed by atoms with Crippen molar-refractivity contribution in [1.29, 1.82) is 0 Å². The summed E-state index contributed by atoms with van der Waals surface area (Å²) in [7, 11) is 0. The summed E-state index contributed by atoms with van der Waals surface area (Å²) in [5.74, 6) is 4.26. The molecule has 0 aromatic rings. The highest BCUT2D eigenvalue weighted by molar-refractivity contribution is 5.04. The second-order valence-electron chi connectivity index (χ2n) is 8.71. The maximum Gasteiger partial charge on any atom is 0.0490 e. The molecule has 4 bridgehead atoms. The van der Waals surface area contributed by atoms with Crippen LogP contribution in [0.1, 0.15) is 59.3 Å². The van der Waals surface area contributed by atoms with Gasteiger partial charge in [0.05, 0.1) is 0 Å². The standard InChI is InChI=1S/C17H30N2/c1-11-9-17(2,3)18-10-19(11)16-14-5-12-4-13(7-14)8-15(16)6-12/h11-16,18H,4-10H2,1-3H3. The van der Waals surface area contributed by atoms with E-state index in [2.05, 4.69) is 31.0 Å². The van der Waals surface area contributed by atoms with E-state index in [1.807, 2.05) is 0 Å². The molecule has 5 rings (SSSR count). The van der Waals surface area contributed by atoms with Crippen molar-refractivity contribution >= 4 is 0 Å². The second kappa shape index (κ2) is 4.21. The monoisotopic (exact) mass is 262 g/mol. The molecule has 4 saturated carbocycles. The Hall–Kier alpha value is -0.0800. The Kier molecular flexibility index (Phi) is 2.80. The van der Waals surface area contributed by atoms with Gasteiger partial charge in [-0.2, -0.15) is 0 Å². The summed E-state index contributed by atoms with van der Waals surface area (Å²) in [5.41, 5.74) is 0.335. The van der Waals surface area contributed by atoms with Gasteiger partial charge in [-0.3, -0.25) is 10.2 Å². The number of hydrogen-bond acceptors (Lipinski definition) is 2. The van der Waals surface area contributed by atoms with Gasteiger partial charge in [0.1, 0.15) is 0 Å². The summed E-state index contributed by atoms with van der Waals surface area (Å²) in [5, 5.41) is 3.77. The number of hydrogen-bond donors (Lipinski definition) is 1. The van der Waals surface area contributed by atoms with Crippen LogP contribution in [0.4, 0.5) is 0 Å². The molecular formula is C17H30N2. The fraction of sp³-hybridized carbons (Fsp3) is 1.00. The topological polar surface area (TPSA) is 15.3 Å². The van der Waals surface area contributed by atoms with E-state index in [1.54, 1.807) is 32.1 Å². The first kappa shape index (κ1) is 12.6. The van der Waals surface area contributed by atoms with E-state index < -0.39 is 0 Å². The highest BCUT2D eigenvalue weighted by Gasteiger charge is 2.51. The molecule has 1 aliphatic heterocycles. The first-order chi connectivity index (χ1) is 9.02. The van der Waals surface area contributed by atoms with Gasteiger partial charge in [-0.05, 0) is 83.0 Å². The quantitative estimate of drug-likeness (QED) is 0.780. The first-order valence-electron chi connectivity index (χ1n) is 8.52. The number of nitrogens with zero attached hydrogens (tertiary/aromatic N) is 1. The molecule has 5 fully saturated rings. The molecule has 1 atom stereocenters. The van der Waals surface area contributed by atoms with Crippen LogP contribution in [0.15, 0.2) is 0 Å². The van der Waals surface area contributed by atoms with Crippen LogP contribution in [0.3, 0.4) is 0 Å².